The van der Waals surface area contributed by atoms with Gasteiger partial charge in [0.2, 0.25) is 0 Å². The first kappa shape index (κ1) is 36.5. The molecular weight excluding hydrogens is 476 g/mol. The van der Waals surface area contributed by atoms with Crippen LogP contribution in [0.1, 0.15) is 40.5 Å². The van der Waals surface area contributed by atoms with Gasteiger partial charge in [-0.05, 0) is 76.7 Å². The van der Waals surface area contributed by atoms with E-state index < -0.39 is 17.1 Å². The fourth-order valence-corrected chi connectivity index (χ4v) is 6.19. The predicted octanol–water partition coefficient (Wildman–Crippen LogP) is 3.05. The first-order valence-corrected chi connectivity index (χ1v) is 16.0. The SMILES string of the molecule is C=C(C)C(=O)OCCC[Si](C)(OC)OC.C=C(C)C(=O)OCCC[Si](C)(OCC)OCC.[SiH4]. The van der Waals surface area contributed by atoms with Crippen molar-refractivity contribution in [2.45, 2.75) is 65.7 Å². The number of hydrogen-bond acceptors (Lipinski definition) is 8. The van der Waals surface area contributed by atoms with E-state index in [-0.39, 0.29) is 22.9 Å². The Kier molecular flexibility index (Phi) is 22.4. The largest absolute Gasteiger partial charge is 0.462 e. The molecule has 11 heteroatoms. The molecule has 0 saturated carbocycles. The minimum absolute atomic E-state index is 0. The molecule has 0 N–H and O–H groups in total. The predicted molar refractivity (Wildman–Crippen MR) is 142 cm³/mol. The first-order chi connectivity index (χ1) is 14.9. The molecule has 33 heavy (non-hydrogen) atoms. The summed E-state index contributed by atoms with van der Waals surface area (Å²) < 4.78 is 32.0. The van der Waals surface area contributed by atoms with Gasteiger partial charge in [0, 0.05) is 38.6 Å². The molecule has 0 aromatic rings. The molecule has 0 amide bonds. The van der Waals surface area contributed by atoms with Crippen LogP contribution < -0.4 is 0 Å². The van der Waals surface area contributed by atoms with E-state index in [0.717, 1.165) is 24.9 Å². The molecule has 0 unspecified atom stereocenters. The van der Waals surface area contributed by atoms with Crippen molar-refractivity contribution in [1.29, 1.82) is 0 Å². The molecule has 0 aromatic heterocycles. The molecule has 0 rings (SSSR count). The lowest BCUT2D eigenvalue weighted by molar-refractivity contribution is -0.139. The monoisotopic (exact) mass is 524 g/mol. The lowest BCUT2D eigenvalue weighted by Gasteiger charge is -2.25. The Morgan fingerprint density at radius 3 is 1.33 bits per heavy atom. The van der Waals surface area contributed by atoms with Crippen LogP contribution in [-0.2, 0) is 36.8 Å². The number of esters is 2. The molecule has 0 heterocycles. The van der Waals surface area contributed by atoms with Crippen LogP contribution in [0.5, 0.6) is 0 Å². The minimum atomic E-state index is -2.06. The number of ether oxygens (including phenoxy) is 2. The van der Waals surface area contributed by atoms with Crippen LogP contribution >= 0.6 is 0 Å². The van der Waals surface area contributed by atoms with Gasteiger partial charge in [-0.15, -0.1) is 0 Å². The maximum atomic E-state index is 11.1. The van der Waals surface area contributed by atoms with E-state index >= 15 is 0 Å². The van der Waals surface area contributed by atoms with Crippen molar-refractivity contribution in [1.82, 2.24) is 0 Å². The van der Waals surface area contributed by atoms with Crippen LogP contribution in [0.25, 0.3) is 0 Å². The van der Waals surface area contributed by atoms with Crippen molar-refractivity contribution in [2.75, 3.05) is 40.6 Å². The summed E-state index contributed by atoms with van der Waals surface area (Å²) in [5.41, 5.74) is 0.855. The molecule has 0 saturated heterocycles. The first-order valence-electron chi connectivity index (χ1n) is 10.9. The molecular formula is C22H48O8Si3. The van der Waals surface area contributed by atoms with Crippen molar-refractivity contribution in [3.05, 3.63) is 24.3 Å². The van der Waals surface area contributed by atoms with Crippen LogP contribution in [0.2, 0.25) is 25.2 Å². The van der Waals surface area contributed by atoms with Gasteiger partial charge in [-0.2, -0.15) is 0 Å². The summed E-state index contributed by atoms with van der Waals surface area (Å²) >= 11 is 0. The highest BCUT2D eigenvalue weighted by molar-refractivity contribution is 6.66. The maximum Gasteiger partial charge on any atom is 0.335 e. The van der Waals surface area contributed by atoms with Crippen LogP contribution in [0.15, 0.2) is 24.3 Å². The van der Waals surface area contributed by atoms with Gasteiger partial charge in [-0.25, -0.2) is 9.59 Å². The smallest absolute Gasteiger partial charge is 0.335 e. The molecule has 0 aliphatic carbocycles. The highest BCUT2D eigenvalue weighted by Gasteiger charge is 2.30. The zero-order chi connectivity index (χ0) is 25.2. The van der Waals surface area contributed by atoms with Gasteiger partial charge in [0.15, 0.2) is 0 Å². The molecule has 0 radical (unpaired) electrons. The fraction of sp³-hybridized carbons (Fsp3) is 0.727. The van der Waals surface area contributed by atoms with E-state index in [2.05, 4.69) is 13.2 Å². The fourth-order valence-electron chi connectivity index (χ4n) is 2.45. The van der Waals surface area contributed by atoms with E-state index in [9.17, 15) is 9.59 Å². The number of carbonyl (C=O) groups excluding carboxylic acids is 2. The summed E-state index contributed by atoms with van der Waals surface area (Å²) in [7, 11) is -0.776. The molecule has 0 bridgehead atoms. The standard InChI is InChI=1S/C12H24O4Si.C10H20O4Si.H4Si/c1-6-15-17(5,16-7-2)10-8-9-14-12(13)11(3)4;1-9(2)10(11)14-7-6-8-15(5,12-3)13-4;/h3,6-10H2,1-2,4-5H3;1,6-8H2,2-5H3;1H4. The average molecular weight is 525 g/mol. The highest BCUT2D eigenvalue weighted by atomic mass is 28.4. The van der Waals surface area contributed by atoms with Gasteiger partial charge in [0.25, 0.3) is 0 Å². The van der Waals surface area contributed by atoms with Gasteiger partial charge in [0.1, 0.15) is 0 Å². The van der Waals surface area contributed by atoms with Gasteiger partial charge in [-0.3, -0.25) is 0 Å². The summed E-state index contributed by atoms with van der Waals surface area (Å²) in [5.74, 6) is -0.672. The Morgan fingerprint density at radius 2 is 1.06 bits per heavy atom. The van der Waals surface area contributed by atoms with Crippen LogP contribution in [0.3, 0.4) is 0 Å². The second-order valence-electron chi connectivity index (χ2n) is 7.58. The van der Waals surface area contributed by atoms with E-state index in [4.69, 9.17) is 27.2 Å². The number of hydrogen-bond donors (Lipinski definition) is 0. The quantitative estimate of drug-likeness (QED) is 0.132. The summed E-state index contributed by atoms with van der Waals surface area (Å²) in [4.78, 5) is 22.2. The van der Waals surface area contributed by atoms with E-state index in [1.54, 1.807) is 28.1 Å². The second kappa shape index (κ2) is 20.3. The zero-order valence-electron chi connectivity index (χ0n) is 21.3. The Bertz CT molecular complexity index is 574. The van der Waals surface area contributed by atoms with Crippen molar-refractivity contribution in [2.24, 2.45) is 0 Å². The summed E-state index contributed by atoms with van der Waals surface area (Å²) in [6.45, 7) is 20.4. The highest BCUT2D eigenvalue weighted by Crippen LogP contribution is 2.16. The normalized spacial score (nSPS) is 10.9. The lowest BCUT2D eigenvalue weighted by atomic mass is 10.4. The number of carbonyl (C=O) groups is 2. The summed E-state index contributed by atoms with van der Waals surface area (Å²) in [6.07, 6.45) is 1.52. The Morgan fingerprint density at radius 1 is 0.727 bits per heavy atom. The van der Waals surface area contributed by atoms with E-state index in [1.165, 1.54) is 0 Å². The minimum Gasteiger partial charge on any atom is -0.462 e. The zero-order valence-corrected chi connectivity index (χ0v) is 23.3. The molecule has 0 fully saturated rings. The van der Waals surface area contributed by atoms with Crippen molar-refractivity contribution < 1.29 is 36.8 Å². The van der Waals surface area contributed by atoms with Crippen molar-refractivity contribution in [3.8, 4) is 0 Å². The molecule has 0 atom stereocenters. The van der Waals surface area contributed by atoms with E-state index in [0.29, 0.717) is 37.6 Å². The topological polar surface area (TPSA) is 89.5 Å². The van der Waals surface area contributed by atoms with Crippen LogP contribution in [-0.4, -0.2) is 80.7 Å². The Balaban J connectivity index is -0.000000533. The van der Waals surface area contributed by atoms with Gasteiger partial charge < -0.3 is 27.2 Å². The van der Waals surface area contributed by atoms with E-state index in [1.807, 2.05) is 26.9 Å². The molecule has 8 nitrogen and oxygen atoms in total. The van der Waals surface area contributed by atoms with Gasteiger partial charge in [-0.1, -0.05) is 13.2 Å². The van der Waals surface area contributed by atoms with Crippen molar-refractivity contribution >= 4 is 40.0 Å². The third-order valence-electron chi connectivity index (χ3n) is 4.48. The maximum absolute atomic E-state index is 11.1. The third kappa shape index (κ3) is 19.0. The summed E-state index contributed by atoms with van der Waals surface area (Å²) in [5, 5.41) is 0. The Labute approximate surface area is 207 Å². The van der Waals surface area contributed by atoms with Crippen molar-refractivity contribution in [3.63, 3.8) is 0 Å². The van der Waals surface area contributed by atoms with Gasteiger partial charge >= 0.3 is 29.1 Å². The molecule has 0 aliphatic rings. The lowest BCUT2D eigenvalue weighted by Crippen LogP contribution is -2.38. The van der Waals surface area contributed by atoms with Crippen LogP contribution in [0, 0.1) is 0 Å². The van der Waals surface area contributed by atoms with Gasteiger partial charge in [0.05, 0.1) is 13.2 Å². The average Bonchev–Trinajstić information content (AvgIpc) is 2.74. The number of rotatable bonds is 16. The van der Waals surface area contributed by atoms with Crippen LogP contribution in [0.4, 0.5) is 0 Å². The molecule has 0 aliphatic heterocycles. The summed E-state index contributed by atoms with van der Waals surface area (Å²) in [6, 6.07) is 1.64. The third-order valence-corrected chi connectivity index (χ3v) is 10.5. The molecule has 0 aromatic carbocycles. The molecule has 196 valence electrons. The second-order valence-corrected chi connectivity index (χ2v) is 14.5. The Hall–Kier alpha value is -1.09. The molecule has 0 spiro atoms.